The smallest absolute Gasteiger partial charge is 1.00 e. The fourth-order valence-electron chi connectivity index (χ4n) is 0. The largest absolute Gasteiger partial charge is 2.00 e. The molecular formula is H45CaCl47. The average Bonchev–Trinajstić information content (AvgIpc) is 0. The van der Waals surface area contributed by atoms with Crippen LogP contribution in [0.5, 0.6) is 0 Å². The second-order valence-corrected chi connectivity index (χ2v) is 0. The maximum atomic E-state index is 0. The Hall–Kier alpha value is 14.9. The van der Waals surface area contributed by atoms with Gasteiger partial charge in [-0.15, -0.1) is 558 Å². The van der Waals surface area contributed by atoms with Gasteiger partial charge in [-0.1, -0.05) is 0 Å². The molecule has 48 heteroatoms. The predicted octanol–water partition coefficient (Wildman–Crippen LogP) is 12.6. The molecule has 0 aromatic heterocycles. The molecule has 0 heterocycles. The summed E-state index contributed by atoms with van der Waals surface area (Å²) in [6, 6.07) is 0. The third kappa shape index (κ3) is 985. The molecule has 376 valence electrons. The average molecular weight is 1750 g/mol. The summed E-state index contributed by atoms with van der Waals surface area (Å²) in [5.41, 5.74) is 0. The molecular weight excluding hydrogens is 1710 g/mol. The topological polar surface area (TPSA) is 0 Å². The molecule has 48 heavy (non-hydrogen) atoms. The van der Waals surface area contributed by atoms with Crippen molar-refractivity contribution in [2.45, 2.75) is 0 Å². The molecule has 0 aromatic carbocycles. The first-order valence-electron chi connectivity index (χ1n) is 0. The summed E-state index contributed by atoms with van der Waals surface area (Å²) in [5, 5.41) is 0. The predicted molar refractivity (Wildman–Crippen MR) is 332 cm³/mol. The minimum atomic E-state index is 0. The fourth-order valence-corrected chi connectivity index (χ4v) is 0. The number of hydrogen-bond acceptors (Lipinski definition) is 0. The molecule has 0 aliphatic heterocycles. The van der Waals surface area contributed by atoms with Gasteiger partial charge in [0.1, 0.15) is 0 Å². The van der Waals surface area contributed by atoms with Gasteiger partial charge < -0.3 is 24.8 Å². The van der Waals surface area contributed by atoms with E-state index in [1.165, 1.54) is 0 Å². The Bertz CT molecular complexity index is 7.01. The van der Waals surface area contributed by atoms with Crippen LogP contribution in [0, 0.1) is 0 Å². The van der Waals surface area contributed by atoms with Gasteiger partial charge in [0.05, 0.1) is 0 Å². The molecule has 0 nitrogen and oxygen atoms in total. The summed E-state index contributed by atoms with van der Waals surface area (Å²) in [4.78, 5) is 0. The molecule has 0 saturated heterocycles. The van der Waals surface area contributed by atoms with Crippen molar-refractivity contribution >= 4 is 596 Å². The molecule has 0 rings (SSSR count). The van der Waals surface area contributed by atoms with Crippen molar-refractivity contribution in [1.82, 2.24) is 0 Å². The van der Waals surface area contributed by atoms with Crippen molar-refractivity contribution in [3.8, 4) is 0 Å². The molecule has 0 N–H and O–H groups in total. The second kappa shape index (κ2) is 1030. The molecule has 0 aliphatic carbocycles. The summed E-state index contributed by atoms with van der Waals surface area (Å²) in [5.74, 6) is 0. The van der Waals surface area contributed by atoms with Gasteiger partial charge in [-0.3, -0.25) is 0 Å². The van der Waals surface area contributed by atoms with Crippen LogP contribution in [0.1, 0.15) is 0 Å². The Morgan fingerprint density at radius 2 is 0.0625 bits per heavy atom. The van der Waals surface area contributed by atoms with E-state index in [1.54, 1.807) is 0 Å². The minimum absolute atomic E-state index is 0. The van der Waals surface area contributed by atoms with Crippen molar-refractivity contribution < 1.29 is 24.8 Å². The van der Waals surface area contributed by atoms with Crippen LogP contribution in [-0.4, -0.2) is 37.7 Å². The van der Waals surface area contributed by atoms with Gasteiger partial charge in [-0.05, 0) is 0 Å². The summed E-state index contributed by atoms with van der Waals surface area (Å²) < 4.78 is 0. The van der Waals surface area contributed by atoms with E-state index in [4.69, 9.17) is 0 Å². The summed E-state index contributed by atoms with van der Waals surface area (Å²) in [6.07, 6.45) is 0. The molecule has 0 bridgehead atoms. The van der Waals surface area contributed by atoms with E-state index in [9.17, 15) is 0 Å². The number of hydrogen-bond donors (Lipinski definition) is 0. The summed E-state index contributed by atoms with van der Waals surface area (Å²) in [6.45, 7) is 0. The van der Waals surface area contributed by atoms with Crippen LogP contribution >= 0.6 is 558 Å². The van der Waals surface area contributed by atoms with Gasteiger partial charge in [0, 0.05) is 0 Å². The Morgan fingerprint density at radius 1 is 0.0625 bits per heavy atom. The van der Waals surface area contributed by atoms with E-state index in [0.717, 1.165) is 0 Å². The van der Waals surface area contributed by atoms with E-state index >= 15 is 0 Å². The Kier molecular flexibility index (Phi) is 23400. The van der Waals surface area contributed by atoms with E-state index < -0.39 is 0 Å². The first kappa shape index (κ1) is 1090. The van der Waals surface area contributed by atoms with Gasteiger partial charge in [0.15, 0.2) is 0 Å². The van der Waals surface area contributed by atoms with E-state index in [0.29, 0.717) is 0 Å². The van der Waals surface area contributed by atoms with Crippen LogP contribution in [0.15, 0.2) is 0 Å². The van der Waals surface area contributed by atoms with Gasteiger partial charge in [0.25, 0.3) is 0 Å². The van der Waals surface area contributed by atoms with Gasteiger partial charge in [-0.25, -0.2) is 0 Å². The van der Waals surface area contributed by atoms with Crippen LogP contribution in [0.4, 0.5) is 0 Å². The van der Waals surface area contributed by atoms with Crippen LogP contribution in [0.2, 0.25) is 0 Å². The Morgan fingerprint density at radius 3 is 0.0625 bits per heavy atom. The first-order chi connectivity index (χ1) is 0. The quantitative estimate of drug-likeness (QED) is 0.212. The van der Waals surface area contributed by atoms with E-state index in [1.807, 2.05) is 0 Å². The molecule has 0 saturated carbocycles. The maximum Gasteiger partial charge on any atom is 2.00 e. The van der Waals surface area contributed by atoms with Crippen LogP contribution in [0.25, 0.3) is 0 Å². The van der Waals surface area contributed by atoms with E-state index in [-0.39, 0.29) is 621 Å². The second-order valence-electron chi connectivity index (χ2n) is 0. The minimum Gasteiger partial charge on any atom is -1.00 e. The third-order valence-electron chi connectivity index (χ3n) is 0. The zero-order valence-electron chi connectivity index (χ0n) is 19.8. The zero-order valence-corrected chi connectivity index (χ0v) is 60.3. The third-order valence-corrected chi connectivity index (χ3v) is 0. The van der Waals surface area contributed by atoms with Gasteiger partial charge in [-0.2, -0.15) is 0 Å². The SMILES string of the molecule is Cl.Cl.Cl.Cl.Cl.Cl.Cl.Cl.Cl.Cl.Cl.Cl.Cl.Cl.Cl.Cl.Cl.Cl.Cl.Cl.Cl.Cl.Cl.Cl.Cl.Cl.Cl.Cl.Cl.Cl.Cl.Cl.Cl.Cl.Cl.Cl.Cl.Cl.Cl.Cl.Cl.Cl.Cl.Cl.Cl.[Ca+2].[Cl-].[Cl-]. The standard InChI is InChI=1S/Ca.47ClH/h;47*1H/q+2;;;;;;;;;;;;;;;;;;;;;;;;;;;;;;;;;;;;;;;;;;;;;;;/p-2. The van der Waals surface area contributed by atoms with Crippen molar-refractivity contribution in [3.63, 3.8) is 0 Å². The first-order valence-corrected chi connectivity index (χ1v) is 0. The van der Waals surface area contributed by atoms with Crippen molar-refractivity contribution in [2.24, 2.45) is 0 Å². The molecule has 0 amide bonds. The molecule has 0 aromatic rings. The molecule has 0 unspecified atom stereocenters. The summed E-state index contributed by atoms with van der Waals surface area (Å²) in [7, 11) is 0. The van der Waals surface area contributed by atoms with Crippen LogP contribution < -0.4 is 24.8 Å². The Balaban J connectivity index is 0. The van der Waals surface area contributed by atoms with Crippen molar-refractivity contribution in [2.75, 3.05) is 0 Å². The molecule has 0 radical (unpaired) electrons. The molecule has 0 aliphatic rings. The monoisotopic (exact) mass is 1730 g/mol. The van der Waals surface area contributed by atoms with Crippen LogP contribution in [-0.2, 0) is 0 Å². The van der Waals surface area contributed by atoms with Gasteiger partial charge in [0.2, 0.25) is 0 Å². The molecule has 0 spiro atoms. The zero-order chi connectivity index (χ0) is 0. The van der Waals surface area contributed by atoms with Crippen molar-refractivity contribution in [1.29, 1.82) is 0 Å². The van der Waals surface area contributed by atoms with E-state index in [2.05, 4.69) is 0 Å². The fraction of sp³-hybridized carbons (Fsp3) is 0. The van der Waals surface area contributed by atoms with Crippen LogP contribution in [0.3, 0.4) is 0 Å². The molecule has 0 fully saturated rings. The maximum absolute atomic E-state index is 0. The Labute approximate surface area is 609 Å². The molecule has 0 atom stereocenters. The summed E-state index contributed by atoms with van der Waals surface area (Å²) >= 11 is 0. The normalized spacial score (nSPS) is 0. The van der Waals surface area contributed by atoms with Gasteiger partial charge >= 0.3 is 37.7 Å². The number of halogens is 47. The number of rotatable bonds is 0. The van der Waals surface area contributed by atoms with Crippen molar-refractivity contribution in [3.05, 3.63) is 0 Å².